The van der Waals surface area contributed by atoms with Gasteiger partial charge in [-0.15, -0.1) is 0 Å². The predicted octanol–water partition coefficient (Wildman–Crippen LogP) is -1.28. The highest BCUT2D eigenvalue weighted by molar-refractivity contribution is 4.89. The Hall–Kier alpha value is -0.240. The molecule has 0 bridgehead atoms. The molecule has 3 N–H and O–H groups in total. The monoisotopic (exact) mass is 224 g/mol. The zero-order chi connectivity index (χ0) is 10.7. The zero-order valence-electron chi connectivity index (χ0n) is 8.16. The molecule has 0 aromatic heterocycles. The normalized spacial score (nSPS) is 41.0. The van der Waals surface area contributed by atoms with Gasteiger partial charge in [0.05, 0.1) is 6.61 Å². The molecule has 6 nitrogen and oxygen atoms in total. The van der Waals surface area contributed by atoms with Gasteiger partial charge in [0.2, 0.25) is 0 Å². The topological polar surface area (TPSA) is 88.4 Å². The molecule has 1 rings (SSSR count). The molecule has 0 saturated carbocycles. The van der Waals surface area contributed by atoms with Crippen molar-refractivity contribution in [3.8, 4) is 0 Å². The first-order valence-corrected chi connectivity index (χ1v) is 4.33. The summed E-state index contributed by atoms with van der Waals surface area (Å²) in [6.45, 7) is -0.303. The van der Waals surface area contributed by atoms with E-state index in [1.165, 1.54) is 14.2 Å². The quantitative estimate of drug-likeness (QED) is 0.553. The molecule has 2 unspecified atom stereocenters. The van der Waals surface area contributed by atoms with Gasteiger partial charge in [-0.05, 0) is 0 Å². The van der Waals surface area contributed by atoms with Crippen LogP contribution in [0.1, 0.15) is 7.43 Å². The first-order chi connectivity index (χ1) is 6.65. The Morgan fingerprint density at radius 2 is 1.73 bits per heavy atom. The van der Waals surface area contributed by atoms with E-state index in [1.54, 1.807) is 0 Å². The first kappa shape index (κ1) is 14.8. The number of hydrogen-bond donors (Lipinski definition) is 3. The summed E-state index contributed by atoms with van der Waals surface area (Å²) in [5, 5.41) is 28.0. The molecule has 1 aliphatic rings. The van der Waals surface area contributed by atoms with Crippen molar-refractivity contribution in [1.82, 2.24) is 0 Å². The van der Waals surface area contributed by atoms with E-state index in [1.807, 2.05) is 0 Å². The van der Waals surface area contributed by atoms with Gasteiger partial charge in [-0.25, -0.2) is 0 Å². The van der Waals surface area contributed by atoms with Crippen molar-refractivity contribution in [2.45, 2.75) is 38.1 Å². The Kier molecular flexibility index (Phi) is 6.26. The smallest absolute Gasteiger partial charge is 0.186 e. The highest BCUT2D eigenvalue weighted by Gasteiger charge is 2.44. The van der Waals surface area contributed by atoms with Gasteiger partial charge in [0, 0.05) is 14.2 Å². The van der Waals surface area contributed by atoms with E-state index in [0.29, 0.717) is 0 Å². The molecule has 0 radical (unpaired) electrons. The molecule has 0 aliphatic carbocycles. The van der Waals surface area contributed by atoms with Gasteiger partial charge in [0.25, 0.3) is 0 Å². The summed E-state index contributed by atoms with van der Waals surface area (Å²) in [6.07, 6.45) is -4.68. The molecule has 0 spiro atoms. The van der Waals surface area contributed by atoms with Crippen LogP contribution in [-0.2, 0) is 14.2 Å². The minimum absolute atomic E-state index is 0. The molecular weight excluding hydrogens is 204 g/mol. The zero-order valence-corrected chi connectivity index (χ0v) is 8.16. The van der Waals surface area contributed by atoms with Crippen LogP contribution in [0.3, 0.4) is 0 Å². The summed E-state index contributed by atoms with van der Waals surface area (Å²) < 4.78 is 14.9. The molecule has 1 aliphatic heterocycles. The second-order valence-corrected chi connectivity index (χ2v) is 3.14. The van der Waals surface area contributed by atoms with Crippen LogP contribution in [0.4, 0.5) is 0 Å². The largest absolute Gasteiger partial charge is 0.394 e. The fourth-order valence-corrected chi connectivity index (χ4v) is 1.54. The number of ether oxygens (including phenoxy) is 3. The molecule has 5 atom stereocenters. The van der Waals surface area contributed by atoms with Crippen LogP contribution in [0.5, 0.6) is 0 Å². The minimum atomic E-state index is -1.17. The van der Waals surface area contributed by atoms with Crippen LogP contribution >= 0.6 is 0 Å². The number of methoxy groups -OCH3 is 2. The van der Waals surface area contributed by atoms with Crippen LogP contribution in [-0.4, -0.2) is 66.9 Å². The number of aliphatic hydroxyl groups excluding tert-OH is 3. The van der Waals surface area contributed by atoms with Crippen molar-refractivity contribution in [3.05, 3.63) is 0 Å². The molecule has 6 heteroatoms. The van der Waals surface area contributed by atoms with Crippen LogP contribution in [0.2, 0.25) is 0 Å². The highest BCUT2D eigenvalue weighted by atomic mass is 16.7. The predicted molar refractivity (Wildman–Crippen MR) is 52.3 cm³/mol. The van der Waals surface area contributed by atoms with E-state index in [4.69, 9.17) is 19.3 Å². The fraction of sp³-hybridized carbons (Fsp3) is 1.00. The summed E-state index contributed by atoms with van der Waals surface area (Å²) in [7, 11) is 2.72. The van der Waals surface area contributed by atoms with Gasteiger partial charge >= 0.3 is 0 Å². The van der Waals surface area contributed by atoms with Crippen molar-refractivity contribution in [2.75, 3.05) is 20.8 Å². The van der Waals surface area contributed by atoms with Gasteiger partial charge in [0.1, 0.15) is 24.4 Å². The summed E-state index contributed by atoms with van der Waals surface area (Å²) in [6, 6.07) is 0. The second-order valence-electron chi connectivity index (χ2n) is 3.14. The van der Waals surface area contributed by atoms with E-state index in [9.17, 15) is 10.2 Å². The van der Waals surface area contributed by atoms with Crippen LogP contribution in [0.25, 0.3) is 0 Å². The summed E-state index contributed by atoms with van der Waals surface area (Å²) >= 11 is 0. The lowest BCUT2D eigenvalue weighted by Crippen LogP contribution is -2.59. The van der Waals surface area contributed by atoms with Crippen LogP contribution < -0.4 is 0 Å². The standard InChI is InChI=1S/C8H16O6.CH4/c1-12-7-4(3-9)14-8(13-2)6(11)5(7)10;/h4-11H,3H2,1-2H3;1H4/t4?,5-,6?,7+,8-;/m1./s1. The van der Waals surface area contributed by atoms with E-state index < -0.39 is 30.7 Å². The average molecular weight is 224 g/mol. The Morgan fingerprint density at radius 3 is 2.13 bits per heavy atom. The van der Waals surface area contributed by atoms with Gasteiger partial charge in [-0.2, -0.15) is 0 Å². The summed E-state index contributed by atoms with van der Waals surface area (Å²) in [4.78, 5) is 0. The second kappa shape index (κ2) is 6.37. The maximum Gasteiger partial charge on any atom is 0.186 e. The SMILES string of the molecule is C.CO[C@@H]1OC(CO)[C@H](OC)[C@H](O)C1O. The van der Waals surface area contributed by atoms with E-state index in [-0.39, 0.29) is 14.0 Å². The Morgan fingerprint density at radius 1 is 1.13 bits per heavy atom. The first-order valence-electron chi connectivity index (χ1n) is 4.33. The van der Waals surface area contributed by atoms with Crippen molar-refractivity contribution >= 4 is 0 Å². The highest BCUT2D eigenvalue weighted by Crippen LogP contribution is 2.23. The lowest BCUT2D eigenvalue weighted by molar-refractivity contribution is -0.298. The molecule has 0 aromatic carbocycles. The third kappa shape index (κ3) is 2.87. The molecule has 0 aromatic rings. The third-order valence-electron chi connectivity index (χ3n) is 2.33. The third-order valence-corrected chi connectivity index (χ3v) is 2.33. The molecule has 0 amide bonds. The van der Waals surface area contributed by atoms with Crippen molar-refractivity contribution in [2.24, 2.45) is 0 Å². The number of aliphatic hydroxyl groups is 3. The van der Waals surface area contributed by atoms with E-state index in [0.717, 1.165) is 0 Å². The lowest BCUT2D eigenvalue weighted by atomic mass is 9.99. The van der Waals surface area contributed by atoms with Gasteiger partial charge in [-0.1, -0.05) is 7.43 Å². The van der Waals surface area contributed by atoms with Gasteiger partial charge < -0.3 is 29.5 Å². The van der Waals surface area contributed by atoms with E-state index in [2.05, 4.69) is 0 Å². The minimum Gasteiger partial charge on any atom is -0.394 e. The molecule has 1 saturated heterocycles. The van der Waals surface area contributed by atoms with Crippen LogP contribution in [0, 0.1) is 0 Å². The Labute approximate surface area is 89.4 Å². The maximum atomic E-state index is 9.59. The van der Waals surface area contributed by atoms with Crippen molar-refractivity contribution in [3.63, 3.8) is 0 Å². The fourth-order valence-electron chi connectivity index (χ4n) is 1.54. The summed E-state index contributed by atoms with van der Waals surface area (Å²) in [5.74, 6) is 0. The lowest BCUT2D eigenvalue weighted by Gasteiger charge is -2.40. The van der Waals surface area contributed by atoms with Crippen molar-refractivity contribution < 1.29 is 29.5 Å². The molecular formula is C9H20O6. The van der Waals surface area contributed by atoms with Crippen LogP contribution in [0.15, 0.2) is 0 Å². The molecule has 15 heavy (non-hydrogen) atoms. The molecule has 1 fully saturated rings. The Balaban J connectivity index is 0.00000196. The van der Waals surface area contributed by atoms with E-state index >= 15 is 0 Å². The Bertz CT molecular complexity index is 174. The average Bonchev–Trinajstić information content (AvgIpc) is 2.21. The number of rotatable bonds is 3. The maximum absolute atomic E-state index is 9.59. The molecule has 1 heterocycles. The summed E-state index contributed by atoms with van der Waals surface area (Å²) in [5.41, 5.74) is 0. The van der Waals surface area contributed by atoms with Crippen molar-refractivity contribution in [1.29, 1.82) is 0 Å². The van der Waals surface area contributed by atoms with Gasteiger partial charge in [-0.3, -0.25) is 0 Å². The van der Waals surface area contributed by atoms with Gasteiger partial charge in [0.15, 0.2) is 6.29 Å². The number of hydrogen-bond acceptors (Lipinski definition) is 6. The molecule has 92 valence electrons.